The van der Waals surface area contributed by atoms with Crippen LogP contribution in [0.5, 0.6) is 0 Å². The molecule has 0 fully saturated rings. The smallest absolute Gasteiger partial charge is 0.110 e. The zero-order valence-electron chi connectivity index (χ0n) is 9.49. The summed E-state index contributed by atoms with van der Waals surface area (Å²) >= 11 is 0. The van der Waals surface area contributed by atoms with Crippen molar-refractivity contribution in [1.82, 2.24) is 10.2 Å². The first-order valence-electron chi connectivity index (χ1n) is 5.37. The van der Waals surface area contributed by atoms with E-state index in [-0.39, 0.29) is 0 Å². The summed E-state index contributed by atoms with van der Waals surface area (Å²) in [4.78, 5) is 2.22. The third-order valence-electron chi connectivity index (χ3n) is 2.72. The molecule has 0 bridgehead atoms. The first-order valence-corrected chi connectivity index (χ1v) is 5.37. The molecule has 0 amide bonds. The topological polar surface area (TPSA) is 24.5 Å². The Hall–Kier alpha value is -0.540. The van der Waals surface area contributed by atoms with Gasteiger partial charge in [-0.25, -0.2) is 0 Å². The number of ether oxygens (including phenoxy) is 1. The predicted octanol–water partition coefficient (Wildman–Crippen LogP) is 1.22. The minimum Gasteiger partial charge on any atom is -0.497 e. The monoisotopic (exact) mass is 198 g/mol. The minimum absolute atomic E-state index is 0.370. The quantitative estimate of drug-likeness (QED) is 0.719. The van der Waals surface area contributed by atoms with Crippen molar-refractivity contribution in [3.8, 4) is 0 Å². The summed E-state index contributed by atoms with van der Waals surface area (Å²) < 4.78 is 5.46. The van der Waals surface area contributed by atoms with Gasteiger partial charge in [-0.3, -0.25) is 0 Å². The number of hydrogen-bond donors (Lipinski definition) is 1. The second kappa shape index (κ2) is 6.04. The molecule has 1 rings (SSSR count). The maximum absolute atomic E-state index is 5.46. The lowest BCUT2D eigenvalue weighted by molar-refractivity contribution is 0.120. The second-order valence-corrected chi connectivity index (χ2v) is 4.18. The molecule has 82 valence electrons. The van der Waals surface area contributed by atoms with E-state index in [1.165, 1.54) is 0 Å². The Morgan fingerprint density at radius 1 is 1.57 bits per heavy atom. The Balaban J connectivity index is 2.06. The molecule has 1 heterocycles. The molecule has 0 spiro atoms. The molecule has 0 aliphatic carbocycles. The summed E-state index contributed by atoms with van der Waals surface area (Å²) in [7, 11) is 4.21. The van der Waals surface area contributed by atoms with Gasteiger partial charge in [0.1, 0.15) is 6.10 Å². The molecule has 0 aromatic heterocycles. The average Bonchev–Trinajstić information content (AvgIpc) is 2.19. The van der Waals surface area contributed by atoms with Crippen LogP contribution in [0.15, 0.2) is 12.3 Å². The maximum Gasteiger partial charge on any atom is 0.110 e. The van der Waals surface area contributed by atoms with E-state index in [1.807, 2.05) is 6.26 Å². The molecule has 14 heavy (non-hydrogen) atoms. The summed E-state index contributed by atoms with van der Waals surface area (Å²) in [6, 6.07) is 0.578. The van der Waals surface area contributed by atoms with Crippen LogP contribution in [0.25, 0.3) is 0 Å². The van der Waals surface area contributed by atoms with Crippen LogP contribution in [-0.2, 0) is 4.74 Å². The Labute approximate surface area is 87.1 Å². The zero-order chi connectivity index (χ0) is 10.4. The summed E-state index contributed by atoms with van der Waals surface area (Å²) in [6.07, 6.45) is 6.56. The predicted molar refractivity (Wildman–Crippen MR) is 59.3 cm³/mol. The van der Waals surface area contributed by atoms with Crippen molar-refractivity contribution >= 4 is 0 Å². The van der Waals surface area contributed by atoms with E-state index in [0.29, 0.717) is 12.1 Å². The van der Waals surface area contributed by atoms with E-state index < -0.39 is 0 Å². The van der Waals surface area contributed by atoms with Crippen molar-refractivity contribution in [2.75, 3.05) is 27.2 Å². The van der Waals surface area contributed by atoms with Crippen molar-refractivity contribution in [2.45, 2.75) is 31.9 Å². The molecule has 3 heteroatoms. The highest BCUT2D eigenvalue weighted by molar-refractivity contribution is 4.83. The van der Waals surface area contributed by atoms with Gasteiger partial charge < -0.3 is 15.0 Å². The molecule has 0 aromatic carbocycles. The molecular formula is C11H22N2O. The van der Waals surface area contributed by atoms with Crippen molar-refractivity contribution < 1.29 is 4.74 Å². The van der Waals surface area contributed by atoms with E-state index in [9.17, 15) is 0 Å². The maximum atomic E-state index is 5.46. The van der Waals surface area contributed by atoms with Crippen LogP contribution in [0.4, 0.5) is 0 Å². The fourth-order valence-electron chi connectivity index (χ4n) is 1.37. The number of rotatable bonds is 5. The van der Waals surface area contributed by atoms with E-state index in [1.54, 1.807) is 0 Å². The lowest BCUT2D eigenvalue weighted by Crippen LogP contribution is -2.39. The van der Waals surface area contributed by atoms with Crippen LogP contribution in [0.1, 0.15) is 19.8 Å². The molecular weight excluding hydrogens is 176 g/mol. The van der Waals surface area contributed by atoms with Gasteiger partial charge in [-0.15, -0.1) is 0 Å². The van der Waals surface area contributed by atoms with Crippen LogP contribution < -0.4 is 5.32 Å². The number of nitrogens with zero attached hydrogens (tertiary/aromatic N) is 1. The number of nitrogens with one attached hydrogen (secondary N) is 1. The first kappa shape index (κ1) is 11.5. The minimum atomic E-state index is 0.370. The van der Waals surface area contributed by atoms with Crippen LogP contribution in [0, 0.1) is 0 Å². The van der Waals surface area contributed by atoms with Crippen LogP contribution in [0.2, 0.25) is 0 Å². The Kier molecular flexibility index (Phi) is 4.98. The van der Waals surface area contributed by atoms with Gasteiger partial charge >= 0.3 is 0 Å². The number of allylic oxidation sites excluding steroid dienone is 1. The molecule has 0 saturated heterocycles. The Morgan fingerprint density at radius 2 is 2.36 bits per heavy atom. The van der Waals surface area contributed by atoms with Crippen molar-refractivity contribution in [3.63, 3.8) is 0 Å². The summed E-state index contributed by atoms with van der Waals surface area (Å²) in [5, 5.41) is 3.44. The van der Waals surface area contributed by atoms with Crippen molar-refractivity contribution in [3.05, 3.63) is 12.3 Å². The zero-order valence-corrected chi connectivity index (χ0v) is 9.49. The third kappa shape index (κ3) is 4.11. The van der Waals surface area contributed by atoms with Gasteiger partial charge in [0.2, 0.25) is 0 Å². The van der Waals surface area contributed by atoms with Gasteiger partial charge in [-0.05, 0) is 39.9 Å². The molecule has 3 nitrogen and oxygen atoms in total. The molecule has 0 saturated carbocycles. The van der Waals surface area contributed by atoms with Gasteiger partial charge in [0, 0.05) is 19.1 Å². The molecule has 2 unspecified atom stereocenters. The normalized spacial score (nSPS) is 23.6. The van der Waals surface area contributed by atoms with Gasteiger partial charge in [-0.1, -0.05) is 0 Å². The third-order valence-corrected chi connectivity index (χ3v) is 2.72. The van der Waals surface area contributed by atoms with Crippen LogP contribution in [0.3, 0.4) is 0 Å². The van der Waals surface area contributed by atoms with Crippen LogP contribution >= 0.6 is 0 Å². The molecule has 0 aromatic rings. The largest absolute Gasteiger partial charge is 0.497 e. The van der Waals surface area contributed by atoms with Gasteiger partial charge in [0.05, 0.1) is 6.26 Å². The van der Waals surface area contributed by atoms with E-state index in [2.05, 4.69) is 37.3 Å². The first-order chi connectivity index (χ1) is 6.70. The van der Waals surface area contributed by atoms with E-state index in [0.717, 1.165) is 25.9 Å². The average molecular weight is 198 g/mol. The molecule has 1 N–H and O–H groups in total. The standard InChI is InChI=1S/C11H22N2O/c1-10(13(2)3)8-12-9-11-6-4-5-7-14-11/h5,7,10-12H,4,6,8-9H2,1-3H3. The highest BCUT2D eigenvalue weighted by atomic mass is 16.5. The van der Waals surface area contributed by atoms with Gasteiger partial charge in [0.15, 0.2) is 0 Å². The highest BCUT2D eigenvalue weighted by Gasteiger charge is 2.11. The lowest BCUT2D eigenvalue weighted by atomic mass is 10.1. The SMILES string of the molecule is CC(CNCC1CCC=CO1)N(C)C. The molecule has 2 atom stereocenters. The summed E-state index contributed by atoms with van der Waals surface area (Å²) in [5.41, 5.74) is 0. The fourth-order valence-corrected chi connectivity index (χ4v) is 1.37. The van der Waals surface area contributed by atoms with Gasteiger partial charge in [0.25, 0.3) is 0 Å². The molecule has 1 aliphatic rings. The van der Waals surface area contributed by atoms with E-state index in [4.69, 9.17) is 4.74 Å². The highest BCUT2D eigenvalue weighted by Crippen LogP contribution is 2.08. The second-order valence-electron chi connectivity index (χ2n) is 4.18. The Bertz CT molecular complexity index is 180. The lowest BCUT2D eigenvalue weighted by Gasteiger charge is -2.23. The molecule has 1 aliphatic heterocycles. The summed E-state index contributed by atoms with van der Waals surface area (Å²) in [6.45, 7) is 4.20. The van der Waals surface area contributed by atoms with Crippen molar-refractivity contribution in [2.24, 2.45) is 0 Å². The van der Waals surface area contributed by atoms with Crippen LogP contribution in [-0.4, -0.2) is 44.2 Å². The number of hydrogen-bond acceptors (Lipinski definition) is 3. The Morgan fingerprint density at radius 3 is 2.93 bits per heavy atom. The van der Waals surface area contributed by atoms with E-state index >= 15 is 0 Å². The fraction of sp³-hybridized carbons (Fsp3) is 0.818. The number of likely N-dealkylation sites (N-methyl/N-ethyl adjacent to an activating group) is 1. The van der Waals surface area contributed by atoms with Crippen molar-refractivity contribution in [1.29, 1.82) is 0 Å². The van der Waals surface area contributed by atoms with Gasteiger partial charge in [-0.2, -0.15) is 0 Å². The molecule has 0 radical (unpaired) electrons. The summed E-state index contributed by atoms with van der Waals surface area (Å²) in [5.74, 6) is 0.